The largest absolute Gasteiger partial charge is 0.322 e. The highest BCUT2D eigenvalue weighted by Gasteiger charge is 2.35. The van der Waals surface area contributed by atoms with Gasteiger partial charge in [0, 0.05) is 35.2 Å². The zero-order valence-electron chi connectivity index (χ0n) is 13.7. The number of carbonyl (C=O) groups excluding carboxylic acids is 1. The van der Waals surface area contributed by atoms with Gasteiger partial charge in [0.1, 0.15) is 0 Å². The molecule has 2 amide bonds. The lowest BCUT2D eigenvalue weighted by Gasteiger charge is -2.37. The molecule has 7 heteroatoms. The summed E-state index contributed by atoms with van der Waals surface area (Å²) in [7, 11) is -0.905. The molecular formula is C17H20N4O2S. The van der Waals surface area contributed by atoms with Crippen LogP contribution in [-0.2, 0) is 10.8 Å². The van der Waals surface area contributed by atoms with Gasteiger partial charge >= 0.3 is 6.03 Å². The van der Waals surface area contributed by atoms with Crippen molar-refractivity contribution in [2.24, 2.45) is 0 Å². The summed E-state index contributed by atoms with van der Waals surface area (Å²) in [4.78, 5) is 22.7. The van der Waals surface area contributed by atoms with Gasteiger partial charge in [-0.1, -0.05) is 30.3 Å². The summed E-state index contributed by atoms with van der Waals surface area (Å²) in [5, 5.41) is 2.81. The lowest BCUT2D eigenvalue weighted by Crippen LogP contribution is -2.53. The first-order valence-corrected chi connectivity index (χ1v) is 9.09. The summed E-state index contributed by atoms with van der Waals surface area (Å²) in [5.74, 6) is 1.12. The van der Waals surface area contributed by atoms with E-state index < -0.39 is 10.8 Å². The second-order valence-electron chi connectivity index (χ2n) is 6.32. The molecule has 0 bridgehead atoms. The van der Waals surface area contributed by atoms with E-state index in [1.165, 1.54) is 0 Å². The molecular weight excluding hydrogens is 324 g/mol. The van der Waals surface area contributed by atoms with Gasteiger partial charge in [-0.3, -0.25) is 4.21 Å². The molecule has 1 fully saturated rings. The summed E-state index contributed by atoms with van der Waals surface area (Å²) < 4.78 is 11.6. The number of hydrogen-bond acceptors (Lipinski definition) is 4. The third-order valence-electron chi connectivity index (χ3n) is 3.96. The van der Waals surface area contributed by atoms with E-state index in [-0.39, 0.29) is 10.8 Å². The summed E-state index contributed by atoms with van der Waals surface area (Å²) >= 11 is 0. The van der Waals surface area contributed by atoms with E-state index in [1.54, 1.807) is 17.3 Å². The van der Waals surface area contributed by atoms with Gasteiger partial charge in [-0.15, -0.1) is 0 Å². The first-order chi connectivity index (χ1) is 11.5. The Morgan fingerprint density at radius 2 is 1.88 bits per heavy atom. The van der Waals surface area contributed by atoms with Crippen molar-refractivity contribution in [1.29, 1.82) is 0 Å². The molecule has 0 aliphatic carbocycles. The van der Waals surface area contributed by atoms with E-state index in [2.05, 4.69) is 15.3 Å². The molecule has 6 nitrogen and oxygen atoms in total. The van der Waals surface area contributed by atoms with E-state index in [0.717, 1.165) is 5.56 Å². The molecule has 126 valence electrons. The molecule has 24 heavy (non-hydrogen) atoms. The van der Waals surface area contributed by atoms with Gasteiger partial charge in [-0.05, 0) is 13.8 Å². The van der Waals surface area contributed by atoms with Crippen molar-refractivity contribution in [2.75, 3.05) is 24.2 Å². The summed E-state index contributed by atoms with van der Waals surface area (Å²) in [6.07, 6.45) is 3.20. The second-order valence-corrected chi connectivity index (χ2v) is 8.53. The molecule has 1 atom stereocenters. The monoisotopic (exact) mass is 344 g/mol. The molecule has 0 radical (unpaired) electrons. The Bertz CT molecular complexity index is 747. The molecule has 2 aromatic rings. The molecule has 3 rings (SSSR count). The summed E-state index contributed by atoms with van der Waals surface area (Å²) in [6, 6.07) is 9.45. The van der Waals surface area contributed by atoms with Gasteiger partial charge in [0.05, 0.1) is 22.8 Å². The van der Waals surface area contributed by atoms with E-state index >= 15 is 0 Å². The highest BCUT2D eigenvalue weighted by molar-refractivity contribution is 7.86. The van der Waals surface area contributed by atoms with Gasteiger partial charge < -0.3 is 10.2 Å². The SMILES string of the molecule is CC1(C)CN(C(=O)Nc2cnc(-c3ccccc3)nc2)CC[S@@]1=O. The average molecular weight is 344 g/mol. The van der Waals surface area contributed by atoms with Crippen molar-refractivity contribution in [3.63, 3.8) is 0 Å². The quantitative estimate of drug-likeness (QED) is 0.908. The predicted molar refractivity (Wildman–Crippen MR) is 95.1 cm³/mol. The van der Waals surface area contributed by atoms with E-state index in [4.69, 9.17) is 0 Å². The molecule has 1 N–H and O–H groups in total. The maximum atomic E-state index is 12.4. The molecule has 2 heterocycles. The number of amides is 2. The van der Waals surface area contributed by atoms with Gasteiger partial charge in [0.15, 0.2) is 5.82 Å². The van der Waals surface area contributed by atoms with Crippen molar-refractivity contribution in [3.8, 4) is 11.4 Å². The van der Waals surface area contributed by atoms with Crippen LogP contribution >= 0.6 is 0 Å². The number of nitrogens with zero attached hydrogens (tertiary/aromatic N) is 3. The molecule has 1 saturated heterocycles. The topological polar surface area (TPSA) is 75.2 Å². The molecule has 0 spiro atoms. The number of anilines is 1. The average Bonchev–Trinajstić information content (AvgIpc) is 2.58. The molecule has 0 unspecified atom stereocenters. The van der Waals surface area contributed by atoms with Crippen molar-refractivity contribution < 1.29 is 9.00 Å². The number of urea groups is 1. The standard InChI is InChI=1S/C17H20N4O2S/c1-17(2)12-21(8-9-24(17)23)16(22)20-14-10-18-15(19-11-14)13-6-4-3-5-7-13/h3-7,10-11H,8-9,12H2,1-2H3,(H,20,22)/t24-/m0/s1. The van der Waals surface area contributed by atoms with Crippen LogP contribution in [0.5, 0.6) is 0 Å². The fourth-order valence-corrected chi connectivity index (χ4v) is 3.82. The Morgan fingerprint density at radius 1 is 1.21 bits per heavy atom. The highest BCUT2D eigenvalue weighted by Crippen LogP contribution is 2.21. The number of hydrogen-bond donors (Lipinski definition) is 1. The van der Waals surface area contributed by atoms with Crippen molar-refractivity contribution in [1.82, 2.24) is 14.9 Å². The van der Waals surface area contributed by atoms with Gasteiger partial charge in [0.2, 0.25) is 0 Å². The molecule has 1 aromatic heterocycles. The van der Waals surface area contributed by atoms with E-state index in [0.29, 0.717) is 30.4 Å². The third-order valence-corrected chi connectivity index (χ3v) is 5.87. The second kappa shape index (κ2) is 6.68. The minimum Gasteiger partial charge on any atom is -0.322 e. The van der Waals surface area contributed by atoms with Crippen LogP contribution in [0.3, 0.4) is 0 Å². The Morgan fingerprint density at radius 3 is 2.50 bits per heavy atom. The Balaban J connectivity index is 1.66. The number of benzene rings is 1. The zero-order valence-corrected chi connectivity index (χ0v) is 14.5. The highest BCUT2D eigenvalue weighted by atomic mass is 32.2. The lowest BCUT2D eigenvalue weighted by atomic mass is 10.2. The van der Waals surface area contributed by atoms with E-state index in [1.807, 2.05) is 44.2 Å². The van der Waals surface area contributed by atoms with Crippen LogP contribution in [0.25, 0.3) is 11.4 Å². The Hall–Kier alpha value is -2.28. The number of rotatable bonds is 2. The first kappa shape index (κ1) is 16.6. The van der Waals surface area contributed by atoms with Gasteiger partial charge in [-0.2, -0.15) is 0 Å². The Kier molecular flexibility index (Phi) is 4.62. The van der Waals surface area contributed by atoms with Crippen LogP contribution in [0, 0.1) is 0 Å². The van der Waals surface area contributed by atoms with Crippen LogP contribution in [0.1, 0.15) is 13.8 Å². The number of nitrogens with one attached hydrogen (secondary N) is 1. The van der Waals surface area contributed by atoms with Crippen LogP contribution in [0.15, 0.2) is 42.7 Å². The van der Waals surface area contributed by atoms with Crippen LogP contribution in [-0.4, -0.2) is 48.7 Å². The Labute approximate surface area is 143 Å². The number of aromatic nitrogens is 2. The van der Waals surface area contributed by atoms with Gasteiger partial charge in [0.25, 0.3) is 0 Å². The van der Waals surface area contributed by atoms with Crippen LogP contribution < -0.4 is 5.32 Å². The first-order valence-electron chi connectivity index (χ1n) is 7.77. The predicted octanol–water partition coefficient (Wildman–Crippen LogP) is 2.52. The fourth-order valence-electron chi connectivity index (χ4n) is 2.58. The minimum atomic E-state index is -0.905. The maximum absolute atomic E-state index is 12.4. The molecule has 1 aromatic carbocycles. The third kappa shape index (κ3) is 3.62. The summed E-state index contributed by atoms with van der Waals surface area (Å²) in [5.41, 5.74) is 1.47. The maximum Gasteiger partial charge on any atom is 0.322 e. The molecule has 0 saturated carbocycles. The molecule has 1 aliphatic heterocycles. The number of carbonyl (C=O) groups is 1. The van der Waals surface area contributed by atoms with Crippen molar-refractivity contribution >= 4 is 22.5 Å². The molecule has 1 aliphatic rings. The minimum absolute atomic E-state index is 0.212. The normalized spacial score (nSPS) is 19.8. The lowest BCUT2D eigenvalue weighted by molar-refractivity contribution is 0.207. The van der Waals surface area contributed by atoms with Gasteiger partial charge in [-0.25, -0.2) is 14.8 Å². The fraction of sp³-hybridized carbons (Fsp3) is 0.353. The summed E-state index contributed by atoms with van der Waals surface area (Å²) in [6.45, 7) is 4.79. The van der Waals surface area contributed by atoms with E-state index in [9.17, 15) is 9.00 Å². The van der Waals surface area contributed by atoms with Crippen molar-refractivity contribution in [3.05, 3.63) is 42.7 Å². The van der Waals surface area contributed by atoms with Crippen LogP contribution in [0.4, 0.5) is 10.5 Å². The zero-order chi connectivity index (χ0) is 17.2. The van der Waals surface area contributed by atoms with Crippen molar-refractivity contribution in [2.45, 2.75) is 18.6 Å². The van der Waals surface area contributed by atoms with Crippen LogP contribution in [0.2, 0.25) is 0 Å². The smallest absolute Gasteiger partial charge is 0.322 e.